The molecule has 4 rings (SSSR count). The Morgan fingerprint density at radius 1 is 0.864 bits per heavy atom. The lowest BCUT2D eigenvalue weighted by Gasteiger charge is -2.17. The highest BCUT2D eigenvalue weighted by Crippen LogP contribution is 2.44. The van der Waals surface area contributed by atoms with E-state index >= 15 is 0 Å². The van der Waals surface area contributed by atoms with Gasteiger partial charge in [0.15, 0.2) is 0 Å². The average Bonchev–Trinajstić information content (AvgIpc) is 3.18. The number of benzene rings is 2. The van der Waals surface area contributed by atoms with Crippen LogP contribution in [0.4, 0.5) is 0 Å². The third-order valence-electron chi connectivity index (χ3n) is 4.88. The summed E-state index contributed by atoms with van der Waals surface area (Å²) < 4.78 is 6.29. The van der Waals surface area contributed by atoms with Crippen LogP contribution in [0.5, 0.6) is 0 Å². The van der Waals surface area contributed by atoms with Crippen molar-refractivity contribution in [1.82, 2.24) is 4.90 Å². The van der Waals surface area contributed by atoms with Gasteiger partial charge in [0.25, 0.3) is 0 Å². The Morgan fingerprint density at radius 2 is 1.45 bits per heavy atom. The van der Waals surface area contributed by atoms with Crippen LogP contribution in [0.15, 0.2) is 48.5 Å². The average molecular weight is 293 g/mol. The molecular weight excluding hydrogens is 270 g/mol. The molecule has 2 aromatic carbocycles. The SMILES string of the molecule is c1ccc2c(c1)-c1ccccc1C2OCCCN1CCCC1. The second kappa shape index (κ2) is 6.23. The van der Waals surface area contributed by atoms with Crippen LogP contribution in [-0.4, -0.2) is 31.1 Å². The summed E-state index contributed by atoms with van der Waals surface area (Å²) in [6, 6.07) is 17.3. The second-order valence-electron chi connectivity index (χ2n) is 6.33. The number of ether oxygens (including phenoxy) is 1. The van der Waals surface area contributed by atoms with Crippen molar-refractivity contribution in [2.24, 2.45) is 0 Å². The van der Waals surface area contributed by atoms with Crippen LogP contribution in [0.25, 0.3) is 11.1 Å². The minimum Gasteiger partial charge on any atom is -0.369 e. The molecule has 1 fully saturated rings. The Kier molecular flexibility index (Phi) is 3.96. The molecule has 22 heavy (non-hydrogen) atoms. The molecule has 0 radical (unpaired) electrons. The lowest BCUT2D eigenvalue weighted by molar-refractivity contribution is 0.0758. The summed E-state index contributed by atoms with van der Waals surface area (Å²) in [5, 5.41) is 0. The van der Waals surface area contributed by atoms with Gasteiger partial charge in [-0.05, 0) is 54.6 Å². The normalized spacial score (nSPS) is 17.6. The minimum atomic E-state index is 0.117. The minimum absolute atomic E-state index is 0.117. The fourth-order valence-electron chi connectivity index (χ4n) is 3.78. The van der Waals surface area contributed by atoms with Gasteiger partial charge in [0.05, 0.1) is 0 Å². The number of likely N-dealkylation sites (tertiary alicyclic amines) is 1. The highest BCUT2D eigenvalue weighted by Gasteiger charge is 2.28. The van der Waals surface area contributed by atoms with Crippen LogP contribution in [0, 0.1) is 0 Å². The quantitative estimate of drug-likeness (QED) is 0.764. The standard InChI is InChI=1S/C20H23NO/c1-3-10-18-16(8-1)17-9-2-4-11-19(17)20(18)22-15-7-14-21-12-5-6-13-21/h1-4,8-11,20H,5-7,12-15H2. The Morgan fingerprint density at radius 3 is 2.09 bits per heavy atom. The Labute approximate surface area is 132 Å². The zero-order valence-corrected chi connectivity index (χ0v) is 13.0. The molecule has 1 aliphatic carbocycles. The van der Waals surface area contributed by atoms with E-state index in [1.54, 1.807) is 0 Å². The van der Waals surface area contributed by atoms with E-state index in [1.165, 1.54) is 54.7 Å². The molecule has 2 aromatic rings. The van der Waals surface area contributed by atoms with Crippen molar-refractivity contribution in [1.29, 1.82) is 0 Å². The van der Waals surface area contributed by atoms with E-state index in [0.29, 0.717) is 0 Å². The van der Waals surface area contributed by atoms with Crippen LogP contribution in [0.2, 0.25) is 0 Å². The van der Waals surface area contributed by atoms with Crippen molar-refractivity contribution in [2.75, 3.05) is 26.2 Å². The lowest BCUT2D eigenvalue weighted by atomic mass is 10.1. The Bertz CT molecular complexity index is 600. The highest BCUT2D eigenvalue weighted by molar-refractivity contribution is 5.77. The van der Waals surface area contributed by atoms with Crippen LogP contribution >= 0.6 is 0 Å². The molecular formula is C20H23NO. The molecule has 1 heterocycles. The fraction of sp³-hybridized carbons (Fsp3) is 0.400. The van der Waals surface area contributed by atoms with Gasteiger partial charge in [-0.15, -0.1) is 0 Å². The zero-order valence-electron chi connectivity index (χ0n) is 13.0. The molecule has 0 amide bonds. The molecule has 0 spiro atoms. The summed E-state index contributed by atoms with van der Waals surface area (Å²) in [5.74, 6) is 0. The van der Waals surface area contributed by atoms with Crippen LogP contribution in [0.3, 0.4) is 0 Å². The predicted octanol–water partition coefficient (Wildman–Crippen LogP) is 4.26. The summed E-state index contributed by atoms with van der Waals surface area (Å²) in [7, 11) is 0. The molecule has 0 unspecified atom stereocenters. The van der Waals surface area contributed by atoms with Gasteiger partial charge in [0, 0.05) is 13.2 Å². The molecule has 2 aliphatic rings. The van der Waals surface area contributed by atoms with Crippen molar-refractivity contribution in [3.63, 3.8) is 0 Å². The number of hydrogen-bond acceptors (Lipinski definition) is 2. The first-order valence-corrected chi connectivity index (χ1v) is 8.46. The van der Waals surface area contributed by atoms with Gasteiger partial charge in [-0.1, -0.05) is 48.5 Å². The van der Waals surface area contributed by atoms with Gasteiger partial charge in [-0.25, -0.2) is 0 Å². The maximum atomic E-state index is 6.29. The maximum Gasteiger partial charge on any atom is 0.109 e. The molecule has 114 valence electrons. The van der Waals surface area contributed by atoms with E-state index in [2.05, 4.69) is 53.4 Å². The van der Waals surface area contributed by atoms with E-state index in [9.17, 15) is 0 Å². The number of rotatable bonds is 5. The van der Waals surface area contributed by atoms with Gasteiger partial charge in [0.2, 0.25) is 0 Å². The third-order valence-corrected chi connectivity index (χ3v) is 4.88. The summed E-state index contributed by atoms with van der Waals surface area (Å²) in [5.41, 5.74) is 5.32. The smallest absolute Gasteiger partial charge is 0.109 e. The van der Waals surface area contributed by atoms with Crippen molar-refractivity contribution in [2.45, 2.75) is 25.4 Å². The molecule has 0 saturated carbocycles. The van der Waals surface area contributed by atoms with Gasteiger partial charge in [0.1, 0.15) is 6.10 Å². The topological polar surface area (TPSA) is 12.5 Å². The number of hydrogen-bond donors (Lipinski definition) is 0. The summed E-state index contributed by atoms with van der Waals surface area (Å²) in [6.45, 7) is 4.56. The third kappa shape index (κ3) is 2.57. The van der Waals surface area contributed by atoms with E-state index in [-0.39, 0.29) is 6.10 Å². The van der Waals surface area contributed by atoms with Gasteiger partial charge in [-0.3, -0.25) is 0 Å². The molecule has 2 nitrogen and oxygen atoms in total. The predicted molar refractivity (Wildman–Crippen MR) is 90.0 cm³/mol. The largest absolute Gasteiger partial charge is 0.369 e. The van der Waals surface area contributed by atoms with Crippen molar-refractivity contribution in [3.8, 4) is 11.1 Å². The highest BCUT2D eigenvalue weighted by atomic mass is 16.5. The molecule has 1 saturated heterocycles. The lowest BCUT2D eigenvalue weighted by Crippen LogP contribution is -2.21. The molecule has 1 aliphatic heterocycles. The summed E-state index contributed by atoms with van der Waals surface area (Å²) in [6.07, 6.45) is 3.97. The monoisotopic (exact) mass is 293 g/mol. The van der Waals surface area contributed by atoms with Crippen molar-refractivity contribution < 1.29 is 4.74 Å². The maximum absolute atomic E-state index is 6.29. The van der Waals surface area contributed by atoms with Gasteiger partial charge in [-0.2, -0.15) is 0 Å². The first kappa shape index (κ1) is 14.0. The van der Waals surface area contributed by atoms with Crippen LogP contribution in [-0.2, 0) is 4.74 Å². The number of nitrogens with zero attached hydrogens (tertiary/aromatic N) is 1. The van der Waals surface area contributed by atoms with E-state index in [4.69, 9.17) is 4.74 Å². The summed E-state index contributed by atoms with van der Waals surface area (Å²) >= 11 is 0. The van der Waals surface area contributed by atoms with E-state index in [0.717, 1.165) is 13.0 Å². The van der Waals surface area contributed by atoms with Crippen molar-refractivity contribution in [3.05, 3.63) is 59.7 Å². The molecule has 0 N–H and O–H groups in total. The van der Waals surface area contributed by atoms with E-state index < -0.39 is 0 Å². The molecule has 2 heteroatoms. The number of fused-ring (bicyclic) bond motifs is 3. The van der Waals surface area contributed by atoms with Crippen LogP contribution in [0.1, 0.15) is 36.5 Å². The second-order valence-corrected chi connectivity index (χ2v) is 6.33. The zero-order chi connectivity index (χ0) is 14.8. The van der Waals surface area contributed by atoms with Gasteiger partial charge < -0.3 is 9.64 Å². The summed E-state index contributed by atoms with van der Waals surface area (Å²) in [4.78, 5) is 2.56. The molecule has 0 atom stereocenters. The Balaban J connectivity index is 1.45. The molecule has 0 bridgehead atoms. The Hall–Kier alpha value is -1.64. The van der Waals surface area contributed by atoms with Gasteiger partial charge >= 0.3 is 0 Å². The molecule has 0 aromatic heterocycles. The van der Waals surface area contributed by atoms with E-state index in [1.807, 2.05) is 0 Å². The first-order valence-electron chi connectivity index (χ1n) is 8.46. The fourth-order valence-corrected chi connectivity index (χ4v) is 3.78. The van der Waals surface area contributed by atoms with Crippen molar-refractivity contribution >= 4 is 0 Å². The van der Waals surface area contributed by atoms with Crippen LogP contribution < -0.4 is 0 Å². The first-order chi connectivity index (χ1) is 10.9.